The number of carboxylic acid groups (broad SMARTS) is 1. The van der Waals surface area contributed by atoms with Crippen LogP contribution in [0.2, 0.25) is 0 Å². The second kappa shape index (κ2) is 6.75. The van der Waals surface area contributed by atoms with Crippen LogP contribution in [0.4, 0.5) is 13.2 Å². The lowest BCUT2D eigenvalue weighted by atomic mass is 10.2. The number of ether oxygens (including phenoxy) is 1. The summed E-state index contributed by atoms with van der Waals surface area (Å²) in [5.41, 5.74) is -4.76. The number of hydrogen-bond donors (Lipinski definition) is 1. The number of thioether (sulfide) groups is 1. The molecule has 0 aromatic heterocycles. The van der Waals surface area contributed by atoms with Crippen LogP contribution < -0.4 is 4.74 Å². The Morgan fingerprint density at radius 2 is 2.00 bits per heavy atom. The van der Waals surface area contributed by atoms with Crippen LogP contribution in [0.5, 0.6) is 5.75 Å². The van der Waals surface area contributed by atoms with Gasteiger partial charge < -0.3 is 9.84 Å². The lowest BCUT2D eigenvalue weighted by Crippen LogP contribution is -2.09. The van der Waals surface area contributed by atoms with Gasteiger partial charge in [-0.05, 0) is 30.0 Å². The Labute approximate surface area is 126 Å². The summed E-state index contributed by atoms with van der Waals surface area (Å²) in [4.78, 5) is 10.1. The maximum Gasteiger partial charge on any atom is 0.441 e. The summed E-state index contributed by atoms with van der Waals surface area (Å²) in [5, 5.41) is 8.76. The molecule has 0 spiro atoms. The van der Waals surface area contributed by atoms with E-state index in [0.717, 1.165) is 18.2 Å². The molecule has 5 nitrogen and oxygen atoms in total. The lowest BCUT2D eigenvalue weighted by molar-refractivity contribution is -0.0329. The highest BCUT2D eigenvalue weighted by atomic mass is 35.7. The molecule has 0 aliphatic rings. The first-order valence-electron chi connectivity index (χ1n) is 5.16. The molecule has 0 saturated carbocycles. The van der Waals surface area contributed by atoms with E-state index in [1.807, 2.05) is 0 Å². The second-order valence-electron chi connectivity index (χ2n) is 3.55. The highest BCUT2D eigenvalue weighted by Gasteiger charge is 2.27. The summed E-state index contributed by atoms with van der Waals surface area (Å²) in [7, 11) is 0.840. The Morgan fingerprint density at radius 3 is 2.48 bits per heavy atom. The number of halogens is 4. The van der Waals surface area contributed by atoms with Gasteiger partial charge in [0, 0.05) is 16.4 Å². The summed E-state index contributed by atoms with van der Waals surface area (Å²) >= 11 is -0.327. The van der Waals surface area contributed by atoms with Crippen LogP contribution in [-0.2, 0) is 9.05 Å². The van der Waals surface area contributed by atoms with E-state index in [4.69, 9.17) is 20.5 Å². The van der Waals surface area contributed by atoms with Gasteiger partial charge in [-0.1, -0.05) is 0 Å². The minimum Gasteiger partial charge on any atom is -0.491 e. The van der Waals surface area contributed by atoms with Gasteiger partial charge in [0.15, 0.2) is 0 Å². The maximum absolute atomic E-state index is 11.9. The van der Waals surface area contributed by atoms with Crippen molar-refractivity contribution < 1.29 is 36.2 Å². The molecule has 1 N–H and O–H groups in total. The number of carbonyl (C=O) groups is 1. The van der Waals surface area contributed by atoms with E-state index in [0.29, 0.717) is 0 Å². The number of carboxylic acids is 1. The summed E-state index contributed by atoms with van der Waals surface area (Å²) in [5.74, 6) is -2.14. The molecule has 1 aromatic rings. The molecule has 0 heterocycles. The third kappa shape index (κ3) is 6.02. The van der Waals surface area contributed by atoms with Crippen LogP contribution in [0, 0.1) is 0 Å². The predicted octanol–water partition coefficient (Wildman–Crippen LogP) is 2.94. The van der Waals surface area contributed by atoms with Crippen molar-refractivity contribution in [3.63, 3.8) is 0 Å². The summed E-state index contributed by atoms with van der Waals surface area (Å²) in [6.45, 7) is -0.421. The van der Waals surface area contributed by atoms with Crippen LogP contribution in [-0.4, -0.2) is 37.4 Å². The largest absolute Gasteiger partial charge is 0.491 e. The van der Waals surface area contributed by atoms with E-state index in [-0.39, 0.29) is 23.1 Å². The van der Waals surface area contributed by atoms with Gasteiger partial charge >= 0.3 is 11.5 Å². The molecule has 118 valence electrons. The summed E-state index contributed by atoms with van der Waals surface area (Å²) in [6, 6.07) is 2.86. The lowest BCUT2D eigenvalue weighted by Gasteiger charge is -2.11. The molecule has 0 aliphatic heterocycles. The molecule has 1 rings (SSSR count). The molecule has 0 saturated heterocycles. The van der Waals surface area contributed by atoms with Crippen molar-refractivity contribution in [3.8, 4) is 5.75 Å². The van der Waals surface area contributed by atoms with Crippen molar-refractivity contribution in [2.24, 2.45) is 0 Å². The fourth-order valence-electron chi connectivity index (χ4n) is 1.26. The molecule has 21 heavy (non-hydrogen) atoms. The Balaban J connectivity index is 2.89. The Kier molecular flexibility index (Phi) is 5.76. The first-order valence-corrected chi connectivity index (χ1v) is 8.46. The zero-order valence-electron chi connectivity index (χ0n) is 10.1. The van der Waals surface area contributed by atoms with Gasteiger partial charge in [-0.25, -0.2) is 13.2 Å². The minimum absolute atomic E-state index is 0.308. The SMILES string of the molecule is O=C(O)c1ccc(OCCSC(F)(F)F)c(S(=O)(=O)Cl)c1. The molecular formula is C10H8ClF3O5S2. The maximum atomic E-state index is 11.9. The number of alkyl halides is 3. The van der Waals surface area contributed by atoms with E-state index in [2.05, 4.69) is 0 Å². The van der Waals surface area contributed by atoms with Crippen LogP contribution in [0.15, 0.2) is 23.1 Å². The van der Waals surface area contributed by atoms with Gasteiger partial charge in [0.2, 0.25) is 0 Å². The Hall–Kier alpha value is -1.13. The molecule has 0 unspecified atom stereocenters. The number of benzene rings is 1. The van der Waals surface area contributed by atoms with E-state index in [1.54, 1.807) is 0 Å². The minimum atomic E-state index is -4.42. The first kappa shape index (κ1) is 17.9. The average Bonchev–Trinajstić information content (AvgIpc) is 2.32. The van der Waals surface area contributed by atoms with Gasteiger partial charge in [0.25, 0.3) is 9.05 Å². The first-order chi connectivity index (χ1) is 9.50. The topological polar surface area (TPSA) is 80.7 Å². The third-order valence-electron chi connectivity index (χ3n) is 2.06. The van der Waals surface area contributed by atoms with E-state index in [1.165, 1.54) is 0 Å². The normalized spacial score (nSPS) is 12.2. The molecule has 0 radical (unpaired) electrons. The predicted molar refractivity (Wildman–Crippen MR) is 70.4 cm³/mol. The van der Waals surface area contributed by atoms with Crippen molar-refractivity contribution in [3.05, 3.63) is 23.8 Å². The quantitative estimate of drug-likeness (QED) is 0.617. The van der Waals surface area contributed by atoms with Gasteiger partial charge in [-0.3, -0.25) is 0 Å². The molecule has 0 fully saturated rings. The average molecular weight is 365 g/mol. The van der Waals surface area contributed by atoms with Crippen molar-refractivity contribution in [1.29, 1.82) is 0 Å². The monoisotopic (exact) mass is 364 g/mol. The number of hydrogen-bond acceptors (Lipinski definition) is 5. The Morgan fingerprint density at radius 1 is 1.38 bits per heavy atom. The molecule has 11 heteroatoms. The zero-order valence-corrected chi connectivity index (χ0v) is 12.4. The fourth-order valence-corrected chi connectivity index (χ4v) is 2.65. The van der Waals surface area contributed by atoms with E-state index in [9.17, 15) is 26.4 Å². The standard InChI is InChI=1S/C10H8ClF3O5S2/c11-21(17,18)8-5-6(9(15)16)1-2-7(8)19-3-4-20-10(12,13)14/h1-2,5H,3-4H2,(H,15,16). The van der Waals surface area contributed by atoms with E-state index >= 15 is 0 Å². The van der Waals surface area contributed by atoms with Crippen molar-refractivity contribution in [1.82, 2.24) is 0 Å². The van der Waals surface area contributed by atoms with Gasteiger partial charge in [0.05, 0.1) is 12.2 Å². The third-order valence-corrected chi connectivity index (χ3v) is 4.10. The molecule has 0 bridgehead atoms. The molecule has 0 amide bonds. The molecule has 0 aliphatic carbocycles. The van der Waals surface area contributed by atoms with Crippen LogP contribution >= 0.6 is 22.4 Å². The smallest absolute Gasteiger partial charge is 0.441 e. The number of rotatable bonds is 6. The Bertz CT molecular complexity index is 630. The summed E-state index contributed by atoms with van der Waals surface area (Å²) < 4.78 is 63.3. The molecule has 1 aromatic carbocycles. The second-order valence-corrected chi connectivity index (χ2v) is 7.24. The van der Waals surface area contributed by atoms with Gasteiger partial charge in [0.1, 0.15) is 10.6 Å². The number of aromatic carboxylic acids is 1. The fraction of sp³-hybridized carbons (Fsp3) is 0.300. The highest BCUT2D eigenvalue weighted by Crippen LogP contribution is 2.31. The van der Waals surface area contributed by atoms with Gasteiger partial charge in [-0.15, -0.1) is 0 Å². The zero-order chi connectivity index (χ0) is 16.3. The molecule has 0 atom stereocenters. The van der Waals surface area contributed by atoms with Crippen LogP contribution in [0.1, 0.15) is 10.4 Å². The van der Waals surface area contributed by atoms with Crippen LogP contribution in [0.25, 0.3) is 0 Å². The molecular weight excluding hydrogens is 357 g/mol. The van der Waals surface area contributed by atoms with Crippen molar-refractivity contribution in [2.75, 3.05) is 12.4 Å². The highest BCUT2D eigenvalue weighted by molar-refractivity contribution is 8.13. The van der Waals surface area contributed by atoms with Gasteiger partial charge in [-0.2, -0.15) is 13.2 Å². The van der Waals surface area contributed by atoms with Crippen molar-refractivity contribution in [2.45, 2.75) is 10.4 Å². The van der Waals surface area contributed by atoms with Crippen molar-refractivity contribution >= 4 is 37.5 Å². The van der Waals surface area contributed by atoms with E-state index < -0.39 is 37.8 Å². The summed E-state index contributed by atoms with van der Waals surface area (Å²) in [6.07, 6.45) is 0. The van der Waals surface area contributed by atoms with Crippen LogP contribution in [0.3, 0.4) is 0 Å².